The van der Waals surface area contributed by atoms with Crippen molar-refractivity contribution in [3.63, 3.8) is 0 Å². The molecule has 4 nitrogen and oxygen atoms in total. The van der Waals surface area contributed by atoms with Gasteiger partial charge in [-0.05, 0) is 37.1 Å². The molecule has 0 bridgehead atoms. The minimum absolute atomic E-state index is 0.0229. The number of ether oxygens (including phenoxy) is 2. The summed E-state index contributed by atoms with van der Waals surface area (Å²) in [5.74, 6) is 0.796. The highest BCUT2D eigenvalue weighted by atomic mass is 35.5. The van der Waals surface area contributed by atoms with Gasteiger partial charge in [-0.2, -0.15) is 0 Å². The average molecular weight is 271 g/mol. The van der Waals surface area contributed by atoms with Crippen molar-refractivity contribution in [2.45, 2.75) is 26.4 Å². The number of hydrogen-bond donors (Lipinski definition) is 2. The number of nitrogens with one attached hydrogen (secondary N) is 1. The van der Waals surface area contributed by atoms with E-state index in [1.807, 2.05) is 25.1 Å². The molecule has 0 saturated carbocycles. The molecular formula is C13H19ClN2O2. The molecule has 0 aliphatic heterocycles. The number of benzene rings is 1. The quantitative estimate of drug-likeness (QED) is 0.455. The van der Waals surface area contributed by atoms with Gasteiger partial charge in [0, 0.05) is 5.02 Å². The molecule has 0 heterocycles. The molecule has 1 atom stereocenters. The second-order valence-corrected chi connectivity index (χ2v) is 4.33. The van der Waals surface area contributed by atoms with Crippen LogP contribution in [0.25, 0.3) is 0 Å². The number of halogens is 1. The second kappa shape index (κ2) is 7.24. The monoisotopic (exact) mass is 270 g/mol. The summed E-state index contributed by atoms with van der Waals surface area (Å²) in [4.78, 5) is 0. The third kappa shape index (κ3) is 4.55. The van der Waals surface area contributed by atoms with Crippen LogP contribution in [0.15, 0.2) is 18.2 Å². The highest BCUT2D eigenvalue weighted by Gasteiger charge is 2.05. The van der Waals surface area contributed by atoms with Gasteiger partial charge in [-0.25, -0.2) is 0 Å². The molecule has 0 fully saturated rings. The van der Waals surface area contributed by atoms with Gasteiger partial charge in [0.15, 0.2) is 0 Å². The summed E-state index contributed by atoms with van der Waals surface area (Å²) in [7, 11) is 0. The molecule has 0 saturated heterocycles. The number of amidine groups is 1. The highest BCUT2D eigenvalue weighted by Crippen LogP contribution is 2.22. The van der Waals surface area contributed by atoms with E-state index in [1.54, 1.807) is 6.92 Å². The molecule has 0 radical (unpaired) electrons. The first-order valence-corrected chi connectivity index (χ1v) is 6.29. The van der Waals surface area contributed by atoms with Gasteiger partial charge in [0.2, 0.25) is 0 Å². The van der Waals surface area contributed by atoms with Crippen LogP contribution in [0.5, 0.6) is 5.75 Å². The Bertz CT molecular complexity index is 410. The minimum atomic E-state index is -0.370. The van der Waals surface area contributed by atoms with Crippen LogP contribution in [0.3, 0.4) is 0 Å². The zero-order chi connectivity index (χ0) is 13.5. The van der Waals surface area contributed by atoms with Crippen molar-refractivity contribution in [2.24, 2.45) is 5.73 Å². The number of rotatable bonds is 7. The fourth-order valence-corrected chi connectivity index (χ4v) is 1.64. The van der Waals surface area contributed by atoms with E-state index in [0.717, 1.165) is 22.8 Å². The highest BCUT2D eigenvalue weighted by molar-refractivity contribution is 6.31. The Morgan fingerprint density at radius 3 is 2.78 bits per heavy atom. The van der Waals surface area contributed by atoms with Crippen LogP contribution in [0.2, 0.25) is 5.02 Å². The fraction of sp³-hybridized carbons (Fsp3) is 0.462. The van der Waals surface area contributed by atoms with Crippen molar-refractivity contribution < 1.29 is 9.47 Å². The standard InChI is InChI=1S/C13H19ClN2O2/c1-3-10-8-11(4-5-12(10)14)18-7-6-17-9(2)13(15)16/h4-5,8-9H,3,6-7H2,1-2H3,(H3,15,16). The van der Waals surface area contributed by atoms with E-state index in [-0.39, 0.29) is 11.9 Å². The van der Waals surface area contributed by atoms with Crippen molar-refractivity contribution in [2.75, 3.05) is 13.2 Å². The Morgan fingerprint density at radius 2 is 2.17 bits per heavy atom. The summed E-state index contributed by atoms with van der Waals surface area (Å²) in [6, 6.07) is 5.58. The molecule has 0 aliphatic carbocycles. The van der Waals surface area contributed by atoms with Crippen LogP contribution < -0.4 is 10.5 Å². The SMILES string of the molecule is CCc1cc(OCCOC(C)C(=N)N)ccc1Cl. The largest absolute Gasteiger partial charge is 0.491 e. The van der Waals surface area contributed by atoms with Gasteiger partial charge >= 0.3 is 0 Å². The van der Waals surface area contributed by atoms with Gasteiger partial charge < -0.3 is 15.2 Å². The van der Waals surface area contributed by atoms with Crippen LogP contribution in [0, 0.1) is 5.41 Å². The minimum Gasteiger partial charge on any atom is -0.491 e. The molecule has 5 heteroatoms. The predicted octanol–water partition coefficient (Wildman–Crippen LogP) is 2.62. The van der Waals surface area contributed by atoms with E-state index < -0.39 is 0 Å². The third-order valence-corrected chi connectivity index (χ3v) is 2.92. The van der Waals surface area contributed by atoms with Crippen molar-refractivity contribution in [3.05, 3.63) is 28.8 Å². The van der Waals surface area contributed by atoms with Crippen LogP contribution in [0.1, 0.15) is 19.4 Å². The maximum atomic E-state index is 7.17. The normalized spacial score (nSPS) is 12.2. The molecule has 0 aromatic heterocycles. The molecule has 1 unspecified atom stereocenters. The Kier molecular flexibility index (Phi) is 5.95. The van der Waals surface area contributed by atoms with E-state index in [9.17, 15) is 0 Å². The number of hydrogen-bond acceptors (Lipinski definition) is 3. The summed E-state index contributed by atoms with van der Waals surface area (Å²) < 4.78 is 10.8. The smallest absolute Gasteiger partial charge is 0.120 e. The van der Waals surface area contributed by atoms with E-state index in [0.29, 0.717) is 13.2 Å². The summed E-state index contributed by atoms with van der Waals surface area (Å²) in [6.45, 7) is 4.59. The lowest BCUT2D eigenvalue weighted by atomic mass is 10.1. The van der Waals surface area contributed by atoms with E-state index in [4.69, 9.17) is 32.2 Å². The summed E-state index contributed by atoms with van der Waals surface area (Å²) in [5.41, 5.74) is 6.35. The van der Waals surface area contributed by atoms with E-state index >= 15 is 0 Å². The zero-order valence-corrected chi connectivity index (χ0v) is 11.5. The van der Waals surface area contributed by atoms with E-state index in [1.165, 1.54) is 0 Å². The first kappa shape index (κ1) is 14.8. The van der Waals surface area contributed by atoms with Crippen LogP contribution >= 0.6 is 11.6 Å². The maximum Gasteiger partial charge on any atom is 0.120 e. The fourth-order valence-electron chi connectivity index (χ4n) is 1.39. The molecule has 18 heavy (non-hydrogen) atoms. The van der Waals surface area contributed by atoms with Crippen molar-refractivity contribution in [3.8, 4) is 5.75 Å². The molecule has 1 aromatic carbocycles. The molecule has 0 aliphatic rings. The van der Waals surface area contributed by atoms with Gasteiger partial charge in [-0.1, -0.05) is 18.5 Å². The van der Waals surface area contributed by atoms with Gasteiger partial charge in [0.05, 0.1) is 6.61 Å². The van der Waals surface area contributed by atoms with Crippen molar-refractivity contribution in [1.29, 1.82) is 5.41 Å². The molecule has 1 aromatic rings. The van der Waals surface area contributed by atoms with Crippen LogP contribution in [-0.2, 0) is 11.2 Å². The molecule has 0 amide bonds. The molecule has 3 N–H and O–H groups in total. The van der Waals surface area contributed by atoms with Crippen LogP contribution in [0.4, 0.5) is 0 Å². The van der Waals surface area contributed by atoms with E-state index in [2.05, 4.69) is 0 Å². The molecule has 1 rings (SSSR count). The topological polar surface area (TPSA) is 68.3 Å². The Morgan fingerprint density at radius 1 is 1.44 bits per heavy atom. The van der Waals surface area contributed by atoms with Gasteiger partial charge in [0.25, 0.3) is 0 Å². The van der Waals surface area contributed by atoms with Crippen molar-refractivity contribution in [1.82, 2.24) is 0 Å². The summed E-state index contributed by atoms with van der Waals surface area (Å²) in [6.07, 6.45) is 0.499. The lowest BCUT2D eigenvalue weighted by Crippen LogP contribution is -2.28. The van der Waals surface area contributed by atoms with Gasteiger partial charge in [-0.3, -0.25) is 5.41 Å². The number of nitrogens with two attached hydrogens (primary N) is 1. The lowest BCUT2D eigenvalue weighted by molar-refractivity contribution is 0.0793. The lowest BCUT2D eigenvalue weighted by Gasteiger charge is -2.12. The summed E-state index contributed by atoms with van der Waals surface area (Å²) >= 11 is 6.02. The number of aryl methyl sites for hydroxylation is 1. The van der Waals surface area contributed by atoms with Gasteiger partial charge in [0.1, 0.15) is 24.3 Å². The molecule has 0 spiro atoms. The average Bonchev–Trinajstić information content (AvgIpc) is 2.35. The first-order chi connectivity index (χ1) is 8.54. The summed E-state index contributed by atoms with van der Waals surface area (Å²) in [5, 5.41) is 7.93. The van der Waals surface area contributed by atoms with Crippen molar-refractivity contribution >= 4 is 17.4 Å². The van der Waals surface area contributed by atoms with Crippen LogP contribution in [-0.4, -0.2) is 25.2 Å². The molecule has 100 valence electrons. The molecular weight excluding hydrogens is 252 g/mol. The maximum absolute atomic E-state index is 7.17. The second-order valence-electron chi connectivity index (χ2n) is 3.92. The predicted molar refractivity (Wildman–Crippen MR) is 73.7 cm³/mol. The zero-order valence-electron chi connectivity index (χ0n) is 10.7. The Labute approximate surface area is 113 Å². The Hall–Kier alpha value is -1.26. The Balaban J connectivity index is 2.38. The van der Waals surface area contributed by atoms with Gasteiger partial charge in [-0.15, -0.1) is 0 Å². The third-order valence-electron chi connectivity index (χ3n) is 2.56. The first-order valence-electron chi connectivity index (χ1n) is 5.91.